The summed E-state index contributed by atoms with van der Waals surface area (Å²) in [5.41, 5.74) is 0.596. The van der Waals surface area contributed by atoms with Crippen LogP contribution in [0.4, 0.5) is 14.5 Å². The maximum atomic E-state index is 13.6. The van der Waals surface area contributed by atoms with Gasteiger partial charge in [-0.05, 0) is 36.4 Å². The number of benzene rings is 2. The Morgan fingerprint density at radius 1 is 1.03 bits per heavy atom. The molecule has 3 aromatic rings. The van der Waals surface area contributed by atoms with Gasteiger partial charge in [0.15, 0.2) is 23.7 Å². The van der Waals surface area contributed by atoms with Gasteiger partial charge in [-0.1, -0.05) is 22.0 Å². The second-order valence-electron chi connectivity index (χ2n) is 6.82. The van der Waals surface area contributed by atoms with Crippen LogP contribution in [0, 0.1) is 11.6 Å². The van der Waals surface area contributed by atoms with Gasteiger partial charge in [-0.3, -0.25) is 14.6 Å². The molecule has 1 saturated heterocycles. The summed E-state index contributed by atoms with van der Waals surface area (Å²) >= 11 is 5.87. The molecule has 2 atom stereocenters. The molecule has 0 spiro atoms. The molecule has 9 nitrogen and oxygen atoms in total. The van der Waals surface area contributed by atoms with Gasteiger partial charge in [-0.15, -0.1) is 0 Å². The molecular weight excluding hydrogens is 434 g/mol. The molecule has 2 aromatic carbocycles. The van der Waals surface area contributed by atoms with Crippen LogP contribution in [0.25, 0.3) is 11.4 Å². The summed E-state index contributed by atoms with van der Waals surface area (Å²) in [4.78, 5) is 30.6. The van der Waals surface area contributed by atoms with E-state index in [4.69, 9.17) is 16.1 Å². The van der Waals surface area contributed by atoms with Crippen molar-refractivity contribution in [2.24, 2.45) is 10.3 Å². The molecule has 0 N–H and O–H groups in total. The third kappa shape index (κ3) is 3.22. The molecule has 0 aliphatic carbocycles. The number of hydrogen-bond acceptors (Lipinski definition) is 8. The van der Waals surface area contributed by atoms with Crippen LogP contribution in [0.15, 0.2) is 57.3 Å². The van der Waals surface area contributed by atoms with Crippen molar-refractivity contribution < 1.29 is 22.9 Å². The minimum absolute atomic E-state index is 0.0735. The van der Waals surface area contributed by atoms with E-state index in [1.54, 1.807) is 24.3 Å². The maximum absolute atomic E-state index is 13.6. The van der Waals surface area contributed by atoms with Crippen LogP contribution in [-0.4, -0.2) is 39.0 Å². The predicted molar refractivity (Wildman–Crippen MR) is 102 cm³/mol. The van der Waals surface area contributed by atoms with Gasteiger partial charge in [-0.25, -0.2) is 13.7 Å². The Labute approximate surface area is 177 Å². The number of aromatic nitrogens is 2. The van der Waals surface area contributed by atoms with Crippen LogP contribution in [-0.2, 0) is 16.1 Å². The molecule has 1 aromatic heterocycles. The standard InChI is InChI=1S/C19H11ClF2N6O3/c20-10-3-1-9(2-4-10)17-23-14(31-25-17)8-27-16-15(24-26-27)18(29)28(19(16)30)11-5-6-12(21)13(22)7-11/h1-7,15-16H,8H2. The van der Waals surface area contributed by atoms with Gasteiger partial charge in [0.05, 0.1) is 5.69 Å². The number of anilines is 1. The molecule has 2 unspecified atom stereocenters. The molecule has 1 fully saturated rings. The summed E-state index contributed by atoms with van der Waals surface area (Å²) in [6, 6.07) is 7.44. The average Bonchev–Trinajstić information content (AvgIpc) is 3.44. The van der Waals surface area contributed by atoms with Gasteiger partial charge >= 0.3 is 0 Å². The van der Waals surface area contributed by atoms with Crippen LogP contribution < -0.4 is 4.90 Å². The average molecular weight is 445 g/mol. The van der Waals surface area contributed by atoms with Crippen molar-refractivity contribution in [3.8, 4) is 11.4 Å². The predicted octanol–water partition coefficient (Wildman–Crippen LogP) is 3.16. The van der Waals surface area contributed by atoms with Crippen LogP contribution >= 0.6 is 11.6 Å². The lowest BCUT2D eigenvalue weighted by atomic mass is 10.1. The molecule has 2 aliphatic rings. The van der Waals surface area contributed by atoms with Crippen LogP contribution in [0.1, 0.15) is 5.89 Å². The van der Waals surface area contributed by atoms with Crippen molar-refractivity contribution in [1.29, 1.82) is 0 Å². The first-order valence-corrected chi connectivity index (χ1v) is 9.39. The molecule has 2 amide bonds. The Kier molecular flexibility index (Phi) is 4.47. The number of nitrogens with zero attached hydrogens (tertiary/aromatic N) is 6. The number of halogens is 3. The van der Waals surface area contributed by atoms with E-state index in [0.29, 0.717) is 16.4 Å². The largest absolute Gasteiger partial charge is 0.337 e. The minimum atomic E-state index is -1.17. The minimum Gasteiger partial charge on any atom is -0.337 e. The van der Waals surface area contributed by atoms with E-state index in [1.807, 2.05) is 0 Å². The Morgan fingerprint density at radius 2 is 1.81 bits per heavy atom. The molecule has 156 valence electrons. The molecule has 3 heterocycles. The van der Waals surface area contributed by atoms with Crippen LogP contribution in [0.3, 0.4) is 0 Å². The number of carbonyl (C=O) groups is 2. The SMILES string of the molecule is O=C1C2N=NN(Cc3nc(-c4ccc(Cl)cc4)no3)C2C(=O)N1c1ccc(F)c(F)c1. The third-order valence-electron chi connectivity index (χ3n) is 4.89. The Hall–Kier alpha value is -3.73. The topological polar surface area (TPSA) is 104 Å². The first-order chi connectivity index (χ1) is 14.9. The molecular formula is C19H11ClF2N6O3. The summed E-state index contributed by atoms with van der Waals surface area (Å²) in [6.45, 7) is -0.0735. The molecule has 5 rings (SSSR count). The summed E-state index contributed by atoms with van der Waals surface area (Å²) in [7, 11) is 0. The van der Waals surface area contributed by atoms with Gasteiger partial charge in [0, 0.05) is 16.7 Å². The lowest BCUT2D eigenvalue weighted by Gasteiger charge is -2.19. The molecule has 0 saturated carbocycles. The summed E-state index contributed by atoms with van der Waals surface area (Å²) in [5, 5.41) is 13.4. The monoisotopic (exact) mass is 444 g/mol. The highest BCUT2D eigenvalue weighted by molar-refractivity contribution is 6.30. The summed E-state index contributed by atoms with van der Waals surface area (Å²) in [5.74, 6) is -3.14. The van der Waals surface area contributed by atoms with E-state index in [9.17, 15) is 18.4 Å². The highest BCUT2D eigenvalue weighted by Crippen LogP contribution is 2.33. The molecule has 31 heavy (non-hydrogen) atoms. The fourth-order valence-corrected chi connectivity index (χ4v) is 3.53. The Morgan fingerprint density at radius 3 is 2.55 bits per heavy atom. The number of amides is 2. The second-order valence-corrected chi connectivity index (χ2v) is 7.26. The number of fused-ring (bicyclic) bond motifs is 1. The van der Waals surface area contributed by atoms with Crippen molar-refractivity contribution in [3.05, 3.63) is 65.0 Å². The van der Waals surface area contributed by atoms with Crippen molar-refractivity contribution in [1.82, 2.24) is 15.1 Å². The normalized spacial score (nSPS) is 20.1. The first-order valence-electron chi connectivity index (χ1n) is 9.01. The van der Waals surface area contributed by atoms with Gasteiger partial charge in [0.25, 0.3) is 11.8 Å². The van der Waals surface area contributed by atoms with Gasteiger partial charge < -0.3 is 4.52 Å². The van der Waals surface area contributed by atoms with E-state index in [2.05, 4.69) is 20.5 Å². The zero-order valence-corrected chi connectivity index (χ0v) is 16.2. The maximum Gasteiger partial charge on any atom is 0.263 e. The van der Waals surface area contributed by atoms with Gasteiger partial charge in [-0.2, -0.15) is 10.1 Å². The van der Waals surface area contributed by atoms with Crippen molar-refractivity contribution in [3.63, 3.8) is 0 Å². The second kappa shape index (κ2) is 7.20. The lowest BCUT2D eigenvalue weighted by Crippen LogP contribution is -2.39. The fourth-order valence-electron chi connectivity index (χ4n) is 3.41. The summed E-state index contributed by atoms with van der Waals surface area (Å²) in [6.07, 6.45) is 0. The number of imide groups is 1. The quantitative estimate of drug-likeness (QED) is 0.572. The molecule has 0 radical (unpaired) electrons. The zero-order valence-electron chi connectivity index (χ0n) is 15.4. The fraction of sp³-hybridized carbons (Fsp3) is 0.158. The van der Waals surface area contributed by atoms with Crippen LogP contribution in [0.2, 0.25) is 5.02 Å². The van der Waals surface area contributed by atoms with Crippen molar-refractivity contribution >= 4 is 29.1 Å². The lowest BCUT2D eigenvalue weighted by molar-refractivity contribution is -0.123. The number of rotatable bonds is 4. The number of carbonyl (C=O) groups excluding carboxylic acids is 2. The Bertz CT molecular complexity index is 1230. The van der Waals surface area contributed by atoms with Crippen molar-refractivity contribution in [2.45, 2.75) is 18.6 Å². The summed E-state index contributed by atoms with van der Waals surface area (Å²) < 4.78 is 32.0. The van der Waals surface area contributed by atoms with Gasteiger partial charge in [0.1, 0.15) is 6.54 Å². The first kappa shape index (κ1) is 19.2. The van der Waals surface area contributed by atoms with Crippen LogP contribution in [0.5, 0.6) is 0 Å². The zero-order chi connectivity index (χ0) is 21.7. The van der Waals surface area contributed by atoms with E-state index in [1.165, 1.54) is 5.01 Å². The van der Waals surface area contributed by atoms with Crippen molar-refractivity contribution in [2.75, 3.05) is 4.90 Å². The number of hydrogen-bond donors (Lipinski definition) is 0. The Balaban J connectivity index is 1.36. The molecule has 12 heteroatoms. The van der Waals surface area contributed by atoms with Gasteiger partial charge in [0.2, 0.25) is 11.7 Å². The molecule has 2 aliphatic heterocycles. The highest BCUT2D eigenvalue weighted by atomic mass is 35.5. The van der Waals surface area contributed by atoms with E-state index < -0.39 is 35.5 Å². The van der Waals surface area contributed by atoms with E-state index in [0.717, 1.165) is 23.1 Å². The smallest absolute Gasteiger partial charge is 0.263 e. The van der Waals surface area contributed by atoms with E-state index >= 15 is 0 Å². The van der Waals surface area contributed by atoms with E-state index in [-0.39, 0.29) is 18.1 Å². The molecule has 0 bridgehead atoms. The third-order valence-corrected chi connectivity index (χ3v) is 5.14. The highest BCUT2D eigenvalue weighted by Gasteiger charge is 2.55.